The average molecular weight is 127 g/mol. The predicted octanol–water partition coefficient (Wildman–Crippen LogP) is 1.80. The van der Waals surface area contributed by atoms with E-state index in [0.717, 1.165) is 12.2 Å². The zero-order valence-electron chi connectivity index (χ0n) is 4.76. The van der Waals surface area contributed by atoms with E-state index in [1.807, 2.05) is 11.8 Å². The van der Waals surface area contributed by atoms with Crippen LogP contribution in [0, 0.1) is 6.57 Å². The van der Waals surface area contributed by atoms with Gasteiger partial charge in [-0.05, 0) is 12.2 Å². The van der Waals surface area contributed by atoms with Crippen molar-refractivity contribution in [1.82, 2.24) is 0 Å². The van der Waals surface area contributed by atoms with Gasteiger partial charge < -0.3 is 4.85 Å². The summed E-state index contributed by atoms with van der Waals surface area (Å²) in [5.74, 6) is 2.34. The number of nitrogens with zero attached hydrogens (tertiary/aromatic N) is 1. The highest BCUT2D eigenvalue weighted by Crippen LogP contribution is 2.18. The molecule has 0 saturated carbocycles. The molecule has 0 aromatic rings. The Morgan fingerprint density at radius 2 is 2.50 bits per heavy atom. The van der Waals surface area contributed by atoms with Crippen molar-refractivity contribution in [2.75, 3.05) is 11.5 Å². The Kier molecular flexibility index (Phi) is 2.23. The highest BCUT2D eigenvalue weighted by molar-refractivity contribution is 7.99. The van der Waals surface area contributed by atoms with E-state index in [1.54, 1.807) is 0 Å². The van der Waals surface area contributed by atoms with Gasteiger partial charge in [0.2, 0.25) is 6.04 Å². The van der Waals surface area contributed by atoms with Gasteiger partial charge in [0.15, 0.2) is 0 Å². The van der Waals surface area contributed by atoms with E-state index in [1.165, 1.54) is 12.2 Å². The molecular formula is C6H9NS. The molecule has 1 atom stereocenters. The summed E-state index contributed by atoms with van der Waals surface area (Å²) in [6, 6.07) is 0.341. The van der Waals surface area contributed by atoms with Crippen LogP contribution in [0.4, 0.5) is 0 Å². The van der Waals surface area contributed by atoms with Gasteiger partial charge in [-0.2, -0.15) is 11.8 Å². The fraction of sp³-hybridized carbons (Fsp3) is 0.833. The third-order valence-corrected chi connectivity index (χ3v) is 2.52. The van der Waals surface area contributed by atoms with Gasteiger partial charge in [-0.1, -0.05) is 0 Å². The molecule has 1 nitrogen and oxygen atoms in total. The molecule has 8 heavy (non-hydrogen) atoms. The summed E-state index contributed by atoms with van der Waals surface area (Å²) >= 11 is 1.91. The van der Waals surface area contributed by atoms with Crippen LogP contribution in [0.3, 0.4) is 0 Å². The van der Waals surface area contributed by atoms with Crippen LogP contribution >= 0.6 is 11.8 Å². The van der Waals surface area contributed by atoms with E-state index in [2.05, 4.69) is 4.85 Å². The molecule has 0 aromatic heterocycles. The summed E-state index contributed by atoms with van der Waals surface area (Å²) in [5.41, 5.74) is 0. The van der Waals surface area contributed by atoms with E-state index in [0.29, 0.717) is 6.04 Å². The lowest BCUT2D eigenvalue weighted by Gasteiger charge is -2.09. The van der Waals surface area contributed by atoms with Gasteiger partial charge in [-0.3, -0.25) is 0 Å². The topological polar surface area (TPSA) is 4.36 Å². The zero-order chi connectivity index (χ0) is 5.82. The molecule has 1 rings (SSSR count). The normalized spacial score (nSPS) is 29.1. The highest BCUT2D eigenvalue weighted by Gasteiger charge is 2.15. The summed E-state index contributed by atoms with van der Waals surface area (Å²) in [6.45, 7) is 6.71. The van der Waals surface area contributed by atoms with E-state index in [4.69, 9.17) is 6.57 Å². The van der Waals surface area contributed by atoms with Crippen LogP contribution in [-0.2, 0) is 0 Å². The number of rotatable bonds is 0. The molecule has 1 heterocycles. The van der Waals surface area contributed by atoms with E-state index in [-0.39, 0.29) is 0 Å². The summed E-state index contributed by atoms with van der Waals surface area (Å²) in [4.78, 5) is 3.48. The van der Waals surface area contributed by atoms with Gasteiger partial charge in [-0.25, -0.2) is 6.57 Å². The first-order valence-corrected chi connectivity index (χ1v) is 4.03. The second kappa shape index (κ2) is 2.99. The van der Waals surface area contributed by atoms with Crippen molar-refractivity contribution in [1.29, 1.82) is 0 Å². The molecule has 0 radical (unpaired) electrons. The minimum Gasteiger partial charge on any atom is -0.313 e. The molecule has 44 valence electrons. The second-order valence-corrected chi connectivity index (χ2v) is 3.15. The predicted molar refractivity (Wildman–Crippen MR) is 36.9 cm³/mol. The van der Waals surface area contributed by atoms with Crippen LogP contribution in [0.25, 0.3) is 4.85 Å². The summed E-state index contributed by atoms with van der Waals surface area (Å²) in [6.07, 6.45) is 2.38. The molecular weight excluding hydrogens is 118 g/mol. The highest BCUT2D eigenvalue weighted by atomic mass is 32.2. The smallest absolute Gasteiger partial charge is 0.232 e. The van der Waals surface area contributed by atoms with Crippen molar-refractivity contribution in [2.24, 2.45) is 0 Å². The van der Waals surface area contributed by atoms with Gasteiger partial charge in [0.25, 0.3) is 0 Å². The zero-order valence-corrected chi connectivity index (χ0v) is 5.58. The van der Waals surface area contributed by atoms with Crippen LogP contribution in [0.1, 0.15) is 12.8 Å². The van der Waals surface area contributed by atoms with Crippen molar-refractivity contribution in [2.45, 2.75) is 18.9 Å². The second-order valence-electron chi connectivity index (χ2n) is 2.00. The molecule has 0 N–H and O–H groups in total. The largest absolute Gasteiger partial charge is 0.313 e. The van der Waals surface area contributed by atoms with Crippen molar-refractivity contribution in [3.8, 4) is 0 Å². The Bertz CT molecular complexity index is 99.6. The Morgan fingerprint density at radius 1 is 1.62 bits per heavy atom. The SMILES string of the molecule is [C-]#[N+]C1CCCSC1. The standard InChI is InChI=1S/C6H9NS/c1-7-6-3-2-4-8-5-6/h6H,2-5H2. The Balaban J connectivity index is 2.25. The molecule has 1 aliphatic rings. The lowest BCUT2D eigenvalue weighted by atomic mass is 10.2. The van der Waals surface area contributed by atoms with Crippen molar-refractivity contribution < 1.29 is 0 Å². The first-order valence-electron chi connectivity index (χ1n) is 2.88. The molecule has 0 aliphatic carbocycles. The summed E-state index contributed by atoms with van der Waals surface area (Å²) in [5, 5.41) is 0. The number of hydrogen-bond donors (Lipinski definition) is 0. The van der Waals surface area contributed by atoms with Crippen molar-refractivity contribution in [3.05, 3.63) is 11.4 Å². The molecule has 0 bridgehead atoms. The van der Waals surface area contributed by atoms with Crippen LogP contribution in [0.5, 0.6) is 0 Å². The Hall–Kier alpha value is -0.160. The molecule has 1 saturated heterocycles. The van der Waals surface area contributed by atoms with Gasteiger partial charge >= 0.3 is 0 Å². The van der Waals surface area contributed by atoms with Crippen LogP contribution in [0.2, 0.25) is 0 Å². The molecule has 1 unspecified atom stereocenters. The quantitative estimate of drug-likeness (QED) is 0.449. The van der Waals surface area contributed by atoms with E-state index < -0.39 is 0 Å². The maximum atomic E-state index is 6.71. The fourth-order valence-electron chi connectivity index (χ4n) is 0.826. The van der Waals surface area contributed by atoms with Gasteiger partial charge in [0.1, 0.15) is 0 Å². The van der Waals surface area contributed by atoms with E-state index >= 15 is 0 Å². The third-order valence-electron chi connectivity index (χ3n) is 1.32. The number of hydrogen-bond acceptors (Lipinski definition) is 1. The molecule has 0 aromatic carbocycles. The van der Waals surface area contributed by atoms with Crippen molar-refractivity contribution >= 4 is 11.8 Å². The maximum absolute atomic E-state index is 6.71. The molecule has 0 amide bonds. The van der Waals surface area contributed by atoms with Crippen LogP contribution in [-0.4, -0.2) is 17.5 Å². The number of thioether (sulfide) groups is 1. The fourth-order valence-corrected chi connectivity index (χ4v) is 1.88. The summed E-state index contributed by atoms with van der Waals surface area (Å²) in [7, 11) is 0. The van der Waals surface area contributed by atoms with Gasteiger partial charge in [0, 0.05) is 6.42 Å². The third kappa shape index (κ3) is 1.41. The minimum absolute atomic E-state index is 0.341. The van der Waals surface area contributed by atoms with Crippen LogP contribution < -0.4 is 0 Å². The lowest BCUT2D eigenvalue weighted by Crippen LogP contribution is -2.11. The minimum atomic E-state index is 0.341. The van der Waals surface area contributed by atoms with Crippen molar-refractivity contribution in [3.63, 3.8) is 0 Å². The van der Waals surface area contributed by atoms with Gasteiger partial charge in [0.05, 0.1) is 5.75 Å². The maximum Gasteiger partial charge on any atom is 0.232 e. The Labute approximate surface area is 54.3 Å². The summed E-state index contributed by atoms with van der Waals surface area (Å²) < 4.78 is 0. The lowest BCUT2D eigenvalue weighted by molar-refractivity contribution is 0.719. The first kappa shape index (κ1) is 5.97. The molecule has 1 fully saturated rings. The van der Waals surface area contributed by atoms with Crippen LogP contribution in [0.15, 0.2) is 0 Å². The first-order chi connectivity index (χ1) is 3.93. The van der Waals surface area contributed by atoms with E-state index in [9.17, 15) is 0 Å². The molecule has 0 spiro atoms. The van der Waals surface area contributed by atoms with Gasteiger partial charge in [-0.15, -0.1) is 0 Å². The molecule has 1 aliphatic heterocycles. The molecule has 2 heteroatoms. The monoisotopic (exact) mass is 127 g/mol. The average Bonchev–Trinajstić information content (AvgIpc) is 1.90. The Morgan fingerprint density at radius 3 is 2.88 bits per heavy atom.